The van der Waals surface area contributed by atoms with Crippen LogP contribution in [0.3, 0.4) is 0 Å². The number of rotatable bonds is 3. The van der Waals surface area contributed by atoms with Gasteiger partial charge in [0.1, 0.15) is 0 Å². The van der Waals surface area contributed by atoms with Gasteiger partial charge in [-0.15, -0.1) is 0 Å². The van der Waals surface area contributed by atoms with E-state index in [9.17, 15) is 0 Å². The standard InChI is InChI=1S/C15H30N4O/c1-13-4-7-18(8-5-13)14(16)17-6-9-19-10-11-20-12-15(19,2)3/h13H,4-12H2,1-3H3,(H2,16,17). The van der Waals surface area contributed by atoms with Gasteiger partial charge >= 0.3 is 0 Å². The topological polar surface area (TPSA) is 54.1 Å². The first-order valence-electron chi connectivity index (χ1n) is 7.87. The Morgan fingerprint density at radius 3 is 2.65 bits per heavy atom. The third-order valence-corrected chi connectivity index (χ3v) is 4.57. The number of likely N-dealkylation sites (tertiary alicyclic amines) is 1. The first-order chi connectivity index (χ1) is 9.49. The molecule has 0 saturated carbocycles. The Morgan fingerprint density at radius 1 is 1.30 bits per heavy atom. The highest BCUT2D eigenvalue weighted by Gasteiger charge is 2.29. The number of hydrogen-bond acceptors (Lipinski definition) is 3. The number of nitrogens with two attached hydrogens (primary N) is 1. The Hall–Kier alpha value is -0.810. The molecule has 2 N–H and O–H groups in total. The molecule has 0 aromatic carbocycles. The summed E-state index contributed by atoms with van der Waals surface area (Å²) >= 11 is 0. The van der Waals surface area contributed by atoms with E-state index in [0.717, 1.165) is 57.8 Å². The number of nitrogens with zero attached hydrogens (tertiary/aromatic N) is 3. The summed E-state index contributed by atoms with van der Waals surface area (Å²) in [5.41, 5.74) is 6.22. The van der Waals surface area contributed by atoms with Crippen molar-refractivity contribution in [3.05, 3.63) is 0 Å². The maximum atomic E-state index is 6.11. The van der Waals surface area contributed by atoms with E-state index in [1.165, 1.54) is 12.8 Å². The van der Waals surface area contributed by atoms with Crippen molar-refractivity contribution < 1.29 is 4.74 Å². The first-order valence-corrected chi connectivity index (χ1v) is 7.87. The van der Waals surface area contributed by atoms with Crippen LogP contribution in [0.1, 0.15) is 33.6 Å². The molecule has 2 aliphatic heterocycles. The summed E-state index contributed by atoms with van der Waals surface area (Å²) in [7, 11) is 0. The van der Waals surface area contributed by atoms with Crippen molar-refractivity contribution in [3.8, 4) is 0 Å². The van der Waals surface area contributed by atoms with Crippen molar-refractivity contribution in [3.63, 3.8) is 0 Å². The summed E-state index contributed by atoms with van der Waals surface area (Å²) in [4.78, 5) is 9.25. The quantitative estimate of drug-likeness (QED) is 0.623. The van der Waals surface area contributed by atoms with Crippen LogP contribution in [0.25, 0.3) is 0 Å². The number of aliphatic imine (C=N–C) groups is 1. The number of piperidine rings is 1. The van der Waals surface area contributed by atoms with Crippen molar-refractivity contribution in [1.82, 2.24) is 9.80 Å². The Kier molecular flexibility index (Phi) is 5.27. The molecule has 2 aliphatic rings. The maximum Gasteiger partial charge on any atom is 0.191 e. The van der Waals surface area contributed by atoms with Crippen molar-refractivity contribution in [2.24, 2.45) is 16.6 Å². The number of hydrogen-bond donors (Lipinski definition) is 1. The molecule has 0 aromatic rings. The van der Waals surface area contributed by atoms with E-state index in [2.05, 4.69) is 35.6 Å². The van der Waals surface area contributed by atoms with Crippen LogP contribution in [0.5, 0.6) is 0 Å². The second-order valence-corrected chi connectivity index (χ2v) is 6.76. The summed E-state index contributed by atoms with van der Waals surface area (Å²) in [6.07, 6.45) is 2.46. The van der Waals surface area contributed by atoms with Crippen LogP contribution < -0.4 is 5.73 Å². The number of ether oxygens (including phenoxy) is 1. The molecule has 5 nitrogen and oxygen atoms in total. The third kappa shape index (κ3) is 4.09. The smallest absolute Gasteiger partial charge is 0.191 e. The van der Waals surface area contributed by atoms with Crippen molar-refractivity contribution in [2.75, 3.05) is 45.9 Å². The predicted octanol–water partition coefficient (Wildman–Crippen LogP) is 1.14. The molecule has 20 heavy (non-hydrogen) atoms. The Morgan fingerprint density at radius 2 is 2.00 bits per heavy atom. The fraction of sp³-hybridized carbons (Fsp3) is 0.933. The summed E-state index contributed by atoms with van der Waals surface area (Å²) in [6, 6.07) is 0. The third-order valence-electron chi connectivity index (χ3n) is 4.57. The van der Waals surface area contributed by atoms with E-state index in [0.29, 0.717) is 0 Å². The molecule has 0 aromatic heterocycles. The van der Waals surface area contributed by atoms with Crippen LogP contribution in [0.15, 0.2) is 4.99 Å². The van der Waals surface area contributed by atoms with E-state index < -0.39 is 0 Å². The van der Waals surface area contributed by atoms with Crippen molar-refractivity contribution >= 4 is 5.96 Å². The lowest BCUT2D eigenvalue weighted by Gasteiger charge is -2.41. The van der Waals surface area contributed by atoms with Crippen LogP contribution in [-0.2, 0) is 4.74 Å². The van der Waals surface area contributed by atoms with Crippen molar-refractivity contribution in [1.29, 1.82) is 0 Å². The minimum absolute atomic E-state index is 0.114. The van der Waals surface area contributed by atoms with Gasteiger partial charge < -0.3 is 15.4 Å². The number of morpholine rings is 1. The molecular formula is C15H30N4O. The molecule has 2 heterocycles. The fourth-order valence-corrected chi connectivity index (χ4v) is 2.93. The summed E-state index contributed by atoms with van der Waals surface area (Å²) in [5.74, 6) is 1.55. The Labute approximate surface area is 123 Å². The van der Waals surface area contributed by atoms with Gasteiger partial charge in [-0.25, -0.2) is 0 Å². The molecule has 0 radical (unpaired) electrons. The van der Waals surface area contributed by atoms with Gasteiger partial charge in [-0.3, -0.25) is 9.89 Å². The molecule has 5 heteroatoms. The lowest BCUT2D eigenvalue weighted by Crippen LogP contribution is -2.53. The Bertz CT molecular complexity index is 335. The number of guanidine groups is 1. The monoisotopic (exact) mass is 282 g/mol. The van der Waals surface area contributed by atoms with E-state index in [-0.39, 0.29) is 5.54 Å². The van der Waals surface area contributed by atoms with E-state index in [1.807, 2.05) is 0 Å². The van der Waals surface area contributed by atoms with Crippen LogP contribution in [-0.4, -0.2) is 67.2 Å². The highest BCUT2D eigenvalue weighted by molar-refractivity contribution is 5.78. The van der Waals surface area contributed by atoms with Gasteiger partial charge in [0.15, 0.2) is 5.96 Å². The normalized spacial score (nSPS) is 25.9. The fourth-order valence-electron chi connectivity index (χ4n) is 2.93. The molecule has 0 amide bonds. The molecule has 2 rings (SSSR count). The van der Waals surface area contributed by atoms with Gasteiger partial charge in [-0.1, -0.05) is 6.92 Å². The zero-order chi connectivity index (χ0) is 14.6. The molecule has 0 bridgehead atoms. The van der Waals surface area contributed by atoms with E-state index in [1.54, 1.807) is 0 Å². The molecule has 2 fully saturated rings. The second kappa shape index (κ2) is 6.76. The lowest BCUT2D eigenvalue weighted by molar-refractivity contribution is -0.0491. The second-order valence-electron chi connectivity index (χ2n) is 6.76. The van der Waals surface area contributed by atoms with Crippen LogP contribution in [0.2, 0.25) is 0 Å². The van der Waals surface area contributed by atoms with Crippen LogP contribution in [0.4, 0.5) is 0 Å². The average molecular weight is 282 g/mol. The van der Waals surface area contributed by atoms with Crippen LogP contribution in [0, 0.1) is 5.92 Å². The summed E-state index contributed by atoms with van der Waals surface area (Å²) < 4.78 is 5.54. The highest BCUT2D eigenvalue weighted by atomic mass is 16.5. The minimum atomic E-state index is 0.114. The zero-order valence-corrected chi connectivity index (χ0v) is 13.3. The van der Waals surface area contributed by atoms with E-state index >= 15 is 0 Å². The molecular weight excluding hydrogens is 252 g/mol. The van der Waals surface area contributed by atoms with Crippen LogP contribution >= 0.6 is 0 Å². The minimum Gasteiger partial charge on any atom is -0.378 e. The molecule has 0 unspecified atom stereocenters. The lowest BCUT2D eigenvalue weighted by atomic mass is 10.00. The van der Waals surface area contributed by atoms with Gasteiger partial charge in [0.2, 0.25) is 0 Å². The van der Waals surface area contributed by atoms with Crippen molar-refractivity contribution in [2.45, 2.75) is 39.2 Å². The molecule has 0 aliphatic carbocycles. The molecule has 0 atom stereocenters. The molecule has 116 valence electrons. The van der Waals surface area contributed by atoms with Gasteiger partial charge in [0.05, 0.1) is 19.8 Å². The first kappa shape index (κ1) is 15.6. The van der Waals surface area contributed by atoms with Gasteiger partial charge in [0, 0.05) is 31.7 Å². The highest BCUT2D eigenvalue weighted by Crippen LogP contribution is 2.18. The predicted molar refractivity (Wildman–Crippen MR) is 82.9 cm³/mol. The summed E-state index contributed by atoms with van der Waals surface area (Å²) in [6.45, 7) is 13.2. The average Bonchev–Trinajstić information content (AvgIpc) is 2.41. The molecule has 2 saturated heterocycles. The largest absolute Gasteiger partial charge is 0.378 e. The molecule has 0 spiro atoms. The van der Waals surface area contributed by atoms with Gasteiger partial charge in [-0.2, -0.15) is 0 Å². The zero-order valence-electron chi connectivity index (χ0n) is 13.3. The maximum absolute atomic E-state index is 6.11. The van der Waals surface area contributed by atoms with Gasteiger partial charge in [0.25, 0.3) is 0 Å². The SMILES string of the molecule is CC1CCN(C(N)=NCCN2CCOCC2(C)C)CC1. The Balaban J connectivity index is 1.77. The van der Waals surface area contributed by atoms with E-state index in [4.69, 9.17) is 10.5 Å². The summed E-state index contributed by atoms with van der Waals surface area (Å²) in [5, 5.41) is 0. The van der Waals surface area contributed by atoms with Gasteiger partial charge in [-0.05, 0) is 32.6 Å².